The predicted molar refractivity (Wildman–Crippen MR) is 152 cm³/mol. The summed E-state index contributed by atoms with van der Waals surface area (Å²) in [6, 6.07) is 24.7. The van der Waals surface area contributed by atoms with Crippen LogP contribution in [0.25, 0.3) is 11.1 Å². The molecule has 3 aromatic rings. The van der Waals surface area contributed by atoms with E-state index in [1.54, 1.807) is 0 Å². The molecule has 0 atom stereocenters. The average Bonchev–Trinajstić information content (AvgIpc) is 3.74. The molecule has 0 saturated heterocycles. The number of nitrogens with zero attached hydrogens (tertiary/aromatic N) is 1. The third-order valence-electron chi connectivity index (χ3n) is 7.07. The third-order valence-corrected chi connectivity index (χ3v) is 7.07. The molecular weight excluding hydrogens is 474 g/mol. The number of carbonyl (C=O) groups excluding carboxylic acids is 1. The first kappa shape index (κ1) is 27.4. The van der Waals surface area contributed by atoms with Crippen molar-refractivity contribution < 1.29 is 19.4 Å². The van der Waals surface area contributed by atoms with Crippen molar-refractivity contribution in [3.05, 3.63) is 89.5 Å². The lowest BCUT2D eigenvalue weighted by molar-refractivity contribution is -0.137. The Kier molecular flexibility index (Phi) is 8.88. The minimum absolute atomic E-state index is 0.0469. The molecule has 200 valence electrons. The van der Waals surface area contributed by atoms with Gasteiger partial charge in [-0.1, -0.05) is 75.4 Å². The molecule has 0 bridgehead atoms. The zero-order valence-corrected chi connectivity index (χ0v) is 22.8. The zero-order chi connectivity index (χ0) is 27.1. The van der Waals surface area contributed by atoms with Crippen LogP contribution in [0, 0.1) is 0 Å². The number of amides is 1. The van der Waals surface area contributed by atoms with E-state index < -0.39 is 5.97 Å². The second-order valence-electron chi connectivity index (χ2n) is 11.2. The van der Waals surface area contributed by atoms with Gasteiger partial charge in [-0.25, -0.2) is 0 Å². The smallest absolute Gasteiger partial charge is 0.303 e. The van der Waals surface area contributed by atoms with Gasteiger partial charge in [0, 0.05) is 30.1 Å². The molecule has 1 N–H and O–H groups in total. The van der Waals surface area contributed by atoms with Gasteiger partial charge in [0.25, 0.3) is 5.91 Å². The van der Waals surface area contributed by atoms with Gasteiger partial charge >= 0.3 is 5.97 Å². The Balaban J connectivity index is 1.40. The number of carboxylic acids is 1. The molecule has 1 aliphatic rings. The van der Waals surface area contributed by atoms with Crippen molar-refractivity contribution in [2.45, 2.75) is 77.3 Å². The number of para-hydroxylation sites is 1. The Morgan fingerprint density at radius 3 is 2.11 bits per heavy atom. The normalized spacial score (nSPS) is 13.2. The minimum Gasteiger partial charge on any atom is -0.493 e. The second kappa shape index (κ2) is 12.3. The number of ether oxygens (including phenoxy) is 1. The highest BCUT2D eigenvalue weighted by molar-refractivity contribution is 5.95. The number of rotatable bonds is 12. The van der Waals surface area contributed by atoms with Crippen LogP contribution in [0.15, 0.2) is 72.8 Å². The summed E-state index contributed by atoms with van der Waals surface area (Å²) >= 11 is 0. The number of carboxylic acid groups (broad SMARTS) is 1. The van der Waals surface area contributed by atoms with Crippen molar-refractivity contribution >= 4 is 11.9 Å². The molecule has 3 aromatic carbocycles. The summed E-state index contributed by atoms with van der Waals surface area (Å²) in [6.45, 7) is 7.68. The summed E-state index contributed by atoms with van der Waals surface area (Å²) in [6.07, 6.45) is 4.52. The van der Waals surface area contributed by atoms with Crippen molar-refractivity contribution in [2.75, 3.05) is 6.61 Å². The molecule has 0 radical (unpaired) electrons. The molecular formula is C33H39NO4. The van der Waals surface area contributed by atoms with Gasteiger partial charge in [0.15, 0.2) is 0 Å². The number of carbonyl (C=O) groups is 2. The fourth-order valence-corrected chi connectivity index (χ4v) is 4.58. The van der Waals surface area contributed by atoms with Gasteiger partial charge in [0.05, 0.1) is 6.61 Å². The van der Waals surface area contributed by atoms with Gasteiger partial charge < -0.3 is 14.7 Å². The van der Waals surface area contributed by atoms with Gasteiger partial charge in [0.1, 0.15) is 5.75 Å². The molecule has 0 aliphatic heterocycles. The zero-order valence-electron chi connectivity index (χ0n) is 22.8. The summed E-state index contributed by atoms with van der Waals surface area (Å²) in [5, 5.41) is 8.78. The SMILES string of the molecule is CC(C)(C)c1ccc(-c2ccc(C(=O)N(Cc3ccccc3OCCCCCC(=O)O)C3CC3)cc2)cc1. The Morgan fingerprint density at radius 1 is 0.868 bits per heavy atom. The third kappa shape index (κ3) is 7.47. The van der Waals surface area contributed by atoms with Gasteiger partial charge in [0.2, 0.25) is 0 Å². The van der Waals surface area contributed by atoms with Crippen molar-refractivity contribution in [2.24, 2.45) is 0 Å². The Bertz CT molecular complexity index is 1220. The van der Waals surface area contributed by atoms with Crippen molar-refractivity contribution in [3.63, 3.8) is 0 Å². The van der Waals surface area contributed by atoms with Crippen LogP contribution in [-0.2, 0) is 16.8 Å². The highest BCUT2D eigenvalue weighted by atomic mass is 16.5. The lowest BCUT2D eigenvalue weighted by atomic mass is 9.86. The molecule has 0 unspecified atom stereocenters. The number of hydrogen-bond acceptors (Lipinski definition) is 3. The Labute approximate surface area is 226 Å². The van der Waals surface area contributed by atoms with Crippen molar-refractivity contribution in [1.29, 1.82) is 0 Å². The molecule has 1 fully saturated rings. The summed E-state index contributed by atoms with van der Waals surface area (Å²) in [5.74, 6) is 0.0781. The van der Waals surface area contributed by atoms with Crippen LogP contribution in [0.5, 0.6) is 5.75 Å². The van der Waals surface area contributed by atoms with E-state index in [2.05, 4.69) is 45.0 Å². The standard InChI is InChI=1S/C33H39NO4/c1-33(2,3)28-18-16-25(17-19-28)24-12-14-26(15-13-24)32(37)34(29-20-21-29)23-27-9-6-7-10-30(27)38-22-8-4-5-11-31(35)36/h6-7,9-10,12-19,29H,4-5,8,11,20-23H2,1-3H3,(H,35,36). The van der Waals surface area contributed by atoms with Crippen LogP contribution in [0.3, 0.4) is 0 Å². The van der Waals surface area contributed by atoms with E-state index in [9.17, 15) is 9.59 Å². The van der Waals surface area contributed by atoms with Crippen LogP contribution in [0.2, 0.25) is 0 Å². The molecule has 5 nitrogen and oxygen atoms in total. The summed E-state index contributed by atoms with van der Waals surface area (Å²) in [5.41, 5.74) is 5.35. The fraction of sp³-hybridized carbons (Fsp3) is 0.394. The van der Waals surface area contributed by atoms with E-state index in [0.717, 1.165) is 48.1 Å². The van der Waals surface area contributed by atoms with Crippen molar-refractivity contribution in [1.82, 2.24) is 4.90 Å². The fourth-order valence-electron chi connectivity index (χ4n) is 4.58. The van der Waals surface area contributed by atoms with E-state index in [1.165, 1.54) is 5.56 Å². The quantitative estimate of drug-likeness (QED) is 0.255. The second-order valence-corrected chi connectivity index (χ2v) is 11.2. The highest BCUT2D eigenvalue weighted by Crippen LogP contribution is 2.32. The first-order chi connectivity index (χ1) is 18.2. The molecule has 0 aromatic heterocycles. The first-order valence-corrected chi connectivity index (χ1v) is 13.7. The van der Waals surface area contributed by atoms with Crippen LogP contribution in [0.1, 0.15) is 80.8 Å². The summed E-state index contributed by atoms with van der Waals surface area (Å²) in [7, 11) is 0. The summed E-state index contributed by atoms with van der Waals surface area (Å²) < 4.78 is 6.04. The maximum Gasteiger partial charge on any atom is 0.303 e. The molecule has 1 aliphatic carbocycles. The minimum atomic E-state index is -0.759. The molecule has 5 heteroatoms. The topological polar surface area (TPSA) is 66.8 Å². The van der Waals surface area contributed by atoms with Crippen molar-refractivity contribution in [3.8, 4) is 16.9 Å². The first-order valence-electron chi connectivity index (χ1n) is 13.7. The van der Waals surface area contributed by atoms with E-state index in [4.69, 9.17) is 9.84 Å². The number of hydrogen-bond donors (Lipinski definition) is 1. The van der Waals surface area contributed by atoms with Crippen LogP contribution in [0.4, 0.5) is 0 Å². The van der Waals surface area contributed by atoms with Crippen LogP contribution < -0.4 is 4.74 Å². The molecule has 0 spiro atoms. The lowest BCUT2D eigenvalue weighted by Gasteiger charge is -2.24. The molecule has 38 heavy (non-hydrogen) atoms. The summed E-state index contributed by atoms with van der Waals surface area (Å²) in [4.78, 5) is 26.2. The molecule has 1 saturated carbocycles. The number of aliphatic carboxylic acids is 1. The highest BCUT2D eigenvalue weighted by Gasteiger charge is 2.33. The van der Waals surface area contributed by atoms with E-state index in [0.29, 0.717) is 25.1 Å². The molecule has 0 heterocycles. The maximum atomic E-state index is 13.6. The average molecular weight is 514 g/mol. The Hall–Kier alpha value is -3.60. The van der Waals surface area contributed by atoms with Crippen LogP contribution in [-0.4, -0.2) is 34.5 Å². The molecule has 1 amide bonds. The van der Waals surface area contributed by atoms with E-state index in [-0.39, 0.29) is 23.8 Å². The monoisotopic (exact) mass is 513 g/mol. The van der Waals surface area contributed by atoms with E-state index in [1.807, 2.05) is 53.4 Å². The predicted octanol–water partition coefficient (Wildman–Crippen LogP) is 7.48. The number of benzene rings is 3. The van der Waals surface area contributed by atoms with Gasteiger partial charge in [-0.2, -0.15) is 0 Å². The lowest BCUT2D eigenvalue weighted by Crippen LogP contribution is -2.32. The molecule has 4 rings (SSSR count). The largest absolute Gasteiger partial charge is 0.493 e. The van der Waals surface area contributed by atoms with Gasteiger partial charge in [-0.3, -0.25) is 9.59 Å². The number of unbranched alkanes of at least 4 members (excludes halogenated alkanes) is 2. The Morgan fingerprint density at radius 2 is 1.50 bits per heavy atom. The van der Waals surface area contributed by atoms with Crippen LogP contribution >= 0.6 is 0 Å². The maximum absolute atomic E-state index is 13.6. The van der Waals surface area contributed by atoms with Gasteiger partial charge in [-0.05, 0) is 72.4 Å². The van der Waals surface area contributed by atoms with E-state index >= 15 is 0 Å². The van der Waals surface area contributed by atoms with Gasteiger partial charge in [-0.15, -0.1) is 0 Å².